The molecule has 0 radical (unpaired) electrons. The van der Waals surface area contributed by atoms with Crippen molar-refractivity contribution in [3.63, 3.8) is 0 Å². The highest BCUT2D eigenvalue weighted by molar-refractivity contribution is 5.27. The predicted molar refractivity (Wildman–Crippen MR) is 57.7 cm³/mol. The minimum absolute atomic E-state index is 0.0471. The van der Waals surface area contributed by atoms with Gasteiger partial charge in [-0.05, 0) is 18.8 Å². The Morgan fingerprint density at radius 1 is 1.67 bits per heavy atom. The predicted octanol–water partition coefficient (Wildman–Crippen LogP) is 1.79. The lowest BCUT2D eigenvalue weighted by atomic mass is 9.96. The van der Waals surface area contributed by atoms with E-state index in [1.165, 1.54) is 25.5 Å². The van der Waals surface area contributed by atoms with Crippen molar-refractivity contribution < 1.29 is 9.52 Å². The van der Waals surface area contributed by atoms with Crippen molar-refractivity contribution in [1.82, 2.24) is 4.98 Å². The van der Waals surface area contributed by atoms with Crippen LogP contribution in [0.5, 0.6) is 0 Å². The fourth-order valence-corrected chi connectivity index (χ4v) is 2.09. The smallest absolute Gasteiger partial charge is 0.297 e. The number of anilines is 1. The van der Waals surface area contributed by atoms with Crippen LogP contribution in [0, 0.1) is 5.92 Å². The van der Waals surface area contributed by atoms with Crippen molar-refractivity contribution in [3.8, 4) is 0 Å². The Labute approximate surface area is 89.9 Å². The number of aliphatic hydroxyl groups is 1. The normalized spacial score (nSPS) is 22.0. The first kappa shape index (κ1) is 10.5. The van der Waals surface area contributed by atoms with Gasteiger partial charge in [0.1, 0.15) is 12.0 Å². The highest BCUT2D eigenvalue weighted by atomic mass is 16.4. The summed E-state index contributed by atoms with van der Waals surface area (Å²) in [5.74, 6) is 0.753. The molecule has 2 heterocycles. The van der Waals surface area contributed by atoms with Crippen LogP contribution in [0.15, 0.2) is 10.7 Å². The summed E-state index contributed by atoms with van der Waals surface area (Å²) in [7, 11) is 0. The van der Waals surface area contributed by atoms with Crippen molar-refractivity contribution in [2.45, 2.75) is 32.8 Å². The van der Waals surface area contributed by atoms with E-state index in [9.17, 15) is 0 Å². The van der Waals surface area contributed by atoms with E-state index in [2.05, 4.69) is 16.8 Å². The minimum atomic E-state index is -0.0471. The zero-order chi connectivity index (χ0) is 10.7. The van der Waals surface area contributed by atoms with Gasteiger partial charge in [-0.2, -0.15) is 4.98 Å². The number of hydrogen-bond acceptors (Lipinski definition) is 4. The van der Waals surface area contributed by atoms with E-state index in [1.54, 1.807) is 0 Å². The molecule has 1 fully saturated rings. The van der Waals surface area contributed by atoms with Crippen LogP contribution >= 0.6 is 0 Å². The maximum Gasteiger partial charge on any atom is 0.297 e. The van der Waals surface area contributed by atoms with Crippen molar-refractivity contribution in [1.29, 1.82) is 0 Å². The highest BCUT2D eigenvalue weighted by Crippen LogP contribution is 2.24. The Balaban J connectivity index is 2.03. The quantitative estimate of drug-likeness (QED) is 0.826. The molecule has 1 aromatic heterocycles. The topological polar surface area (TPSA) is 49.5 Å². The fourth-order valence-electron chi connectivity index (χ4n) is 2.09. The second kappa shape index (κ2) is 4.66. The molecule has 0 amide bonds. The van der Waals surface area contributed by atoms with Crippen LogP contribution in [-0.4, -0.2) is 23.2 Å². The summed E-state index contributed by atoms with van der Waals surface area (Å²) in [4.78, 5) is 6.41. The van der Waals surface area contributed by atoms with E-state index in [-0.39, 0.29) is 6.61 Å². The van der Waals surface area contributed by atoms with Gasteiger partial charge in [-0.25, -0.2) is 0 Å². The second-order valence-electron chi connectivity index (χ2n) is 4.14. The van der Waals surface area contributed by atoms with Gasteiger partial charge >= 0.3 is 0 Å². The molecular weight excluding hydrogens is 192 g/mol. The maximum atomic E-state index is 8.91. The zero-order valence-electron chi connectivity index (χ0n) is 9.15. The first-order chi connectivity index (χ1) is 7.33. The molecule has 1 atom stereocenters. The van der Waals surface area contributed by atoms with E-state index in [1.807, 2.05) is 0 Å². The van der Waals surface area contributed by atoms with Crippen LogP contribution in [0.1, 0.15) is 31.9 Å². The molecule has 0 saturated carbocycles. The van der Waals surface area contributed by atoms with Crippen LogP contribution in [-0.2, 0) is 6.61 Å². The summed E-state index contributed by atoms with van der Waals surface area (Å²) >= 11 is 0. The molecule has 1 aromatic rings. The van der Waals surface area contributed by atoms with Gasteiger partial charge in [0.05, 0.1) is 6.61 Å². The molecule has 1 saturated heterocycles. The Hall–Kier alpha value is -1.03. The molecule has 1 aliphatic rings. The van der Waals surface area contributed by atoms with E-state index < -0.39 is 0 Å². The summed E-state index contributed by atoms with van der Waals surface area (Å²) in [6, 6.07) is 0.664. The van der Waals surface area contributed by atoms with Crippen LogP contribution in [0.4, 0.5) is 6.01 Å². The van der Waals surface area contributed by atoms with E-state index >= 15 is 0 Å². The van der Waals surface area contributed by atoms with Crippen LogP contribution in [0.25, 0.3) is 0 Å². The van der Waals surface area contributed by atoms with Crippen molar-refractivity contribution in [2.24, 2.45) is 5.92 Å². The van der Waals surface area contributed by atoms with Crippen molar-refractivity contribution in [2.75, 3.05) is 18.0 Å². The zero-order valence-corrected chi connectivity index (χ0v) is 9.15. The lowest BCUT2D eigenvalue weighted by molar-refractivity contribution is 0.276. The SMILES string of the molecule is CCC1CCCN(c2nc(CO)co2)C1. The number of aromatic nitrogens is 1. The van der Waals surface area contributed by atoms with E-state index in [0.29, 0.717) is 11.7 Å². The van der Waals surface area contributed by atoms with Crippen molar-refractivity contribution in [3.05, 3.63) is 12.0 Å². The molecule has 0 aliphatic carbocycles. The van der Waals surface area contributed by atoms with Crippen LogP contribution < -0.4 is 4.90 Å². The molecule has 2 rings (SSSR count). The third-order valence-corrected chi connectivity index (χ3v) is 3.07. The molecule has 1 N–H and O–H groups in total. The van der Waals surface area contributed by atoms with Gasteiger partial charge in [0.25, 0.3) is 6.01 Å². The fraction of sp³-hybridized carbons (Fsp3) is 0.727. The average molecular weight is 210 g/mol. The average Bonchev–Trinajstić information content (AvgIpc) is 2.78. The molecule has 1 aliphatic heterocycles. The van der Waals surface area contributed by atoms with Gasteiger partial charge in [-0.15, -0.1) is 0 Å². The minimum Gasteiger partial charge on any atom is -0.432 e. The Morgan fingerprint density at radius 2 is 2.53 bits per heavy atom. The lowest BCUT2D eigenvalue weighted by Gasteiger charge is -2.30. The molecule has 1 unspecified atom stereocenters. The summed E-state index contributed by atoms with van der Waals surface area (Å²) in [6.07, 6.45) is 5.25. The Morgan fingerprint density at radius 3 is 3.20 bits per heavy atom. The number of rotatable bonds is 3. The molecule has 84 valence electrons. The first-order valence-corrected chi connectivity index (χ1v) is 5.63. The van der Waals surface area contributed by atoms with Gasteiger partial charge in [0.2, 0.25) is 0 Å². The van der Waals surface area contributed by atoms with Gasteiger partial charge in [0.15, 0.2) is 0 Å². The van der Waals surface area contributed by atoms with Gasteiger partial charge in [0, 0.05) is 13.1 Å². The molecule has 0 aromatic carbocycles. The third kappa shape index (κ3) is 2.31. The molecule has 0 bridgehead atoms. The van der Waals surface area contributed by atoms with E-state index in [4.69, 9.17) is 9.52 Å². The number of piperidine rings is 1. The second-order valence-corrected chi connectivity index (χ2v) is 4.14. The summed E-state index contributed by atoms with van der Waals surface area (Å²) in [6.45, 7) is 4.22. The van der Waals surface area contributed by atoms with Crippen LogP contribution in [0.2, 0.25) is 0 Å². The monoisotopic (exact) mass is 210 g/mol. The summed E-state index contributed by atoms with van der Waals surface area (Å²) < 4.78 is 5.34. The van der Waals surface area contributed by atoms with Gasteiger partial charge in [-0.1, -0.05) is 13.3 Å². The highest BCUT2D eigenvalue weighted by Gasteiger charge is 2.21. The standard InChI is InChI=1S/C11H18N2O2/c1-2-9-4-3-5-13(6-9)11-12-10(7-14)8-15-11/h8-9,14H,2-7H2,1H3. The molecule has 4 nitrogen and oxygen atoms in total. The first-order valence-electron chi connectivity index (χ1n) is 5.63. The van der Waals surface area contributed by atoms with Gasteiger partial charge < -0.3 is 14.4 Å². The number of aliphatic hydroxyl groups excluding tert-OH is 1. The summed E-state index contributed by atoms with van der Waals surface area (Å²) in [5, 5.41) is 8.91. The maximum absolute atomic E-state index is 8.91. The molecular formula is C11H18N2O2. The third-order valence-electron chi connectivity index (χ3n) is 3.07. The largest absolute Gasteiger partial charge is 0.432 e. The number of nitrogens with zero attached hydrogens (tertiary/aromatic N) is 2. The molecule has 0 spiro atoms. The number of oxazole rings is 1. The molecule has 15 heavy (non-hydrogen) atoms. The molecule has 4 heteroatoms. The van der Waals surface area contributed by atoms with Crippen molar-refractivity contribution >= 4 is 6.01 Å². The van der Waals surface area contributed by atoms with Gasteiger partial charge in [-0.3, -0.25) is 0 Å². The Bertz CT molecular complexity index is 311. The van der Waals surface area contributed by atoms with E-state index in [0.717, 1.165) is 19.0 Å². The Kier molecular flexibility index (Phi) is 3.26. The summed E-state index contributed by atoms with van der Waals surface area (Å²) in [5.41, 5.74) is 0.614. The number of hydrogen-bond donors (Lipinski definition) is 1. The lowest BCUT2D eigenvalue weighted by Crippen LogP contribution is -2.35. The van der Waals surface area contributed by atoms with Crippen LogP contribution in [0.3, 0.4) is 0 Å².